The molecule has 2 aromatic rings. The average Bonchev–Trinajstić information content (AvgIpc) is 2.39. The van der Waals surface area contributed by atoms with E-state index in [4.69, 9.17) is 17.3 Å². The highest BCUT2D eigenvalue weighted by molar-refractivity contribution is 6.31. The van der Waals surface area contributed by atoms with Crippen molar-refractivity contribution in [2.24, 2.45) is 0 Å². The SMILES string of the molecule is Nc1cc(NC(=O)Cc2ccccc2Cl)c(F)cc1F. The predicted octanol–water partition coefficient (Wildman–Crippen LogP) is 3.38. The number of carbonyl (C=O) groups is 1. The molecule has 0 saturated carbocycles. The molecule has 0 aliphatic rings. The van der Waals surface area contributed by atoms with Gasteiger partial charge in [0.05, 0.1) is 17.8 Å². The summed E-state index contributed by atoms with van der Waals surface area (Å²) in [6.07, 6.45) is -0.0175. The van der Waals surface area contributed by atoms with E-state index in [0.717, 1.165) is 6.07 Å². The van der Waals surface area contributed by atoms with Crippen LogP contribution in [0.15, 0.2) is 36.4 Å². The van der Waals surface area contributed by atoms with Crippen LogP contribution in [-0.2, 0) is 11.2 Å². The quantitative estimate of drug-likeness (QED) is 0.853. The van der Waals surface area contributed by atoms with Gasteiger partial charge in [-0.05, 0) is 17.7 Å². The summed E-state index contributed by atoms with van der Waals surface area (Å²) in [6.45, 7) is 0. The molecule has 0 fully saturated rings. The van der Waals surface area contributed by atoms with Gasteiger partial charge in [0.2, 0.25) is 5.91 Å². The molecule has 6 heteroatoms. The van der Waals surface area contributed by atoms with Crippen molar-refractivity contribution in [1.82, 2.24) is 0 Å². The molecule has 1 amide bonds. The molecular formula is C14H11ClF2N2O. The van der Waals surface area contributed by atoms with Gasteiger partial charge in [0.15, 0.2) is 0 Å². The molecule has 3 nitrogen and oxygen atoms in total. The van der Waals surface area contributed by atoms with Gasteiger partial charge in [-0.15, -0.1) is 0 Å². The fourth-order valence-corrected chi connectivity index (χ4v) is 1.87. The summed E-state index contributed by atoms with van der Waals surface area (Å²) in [6, 6.07) is 8.49. The van der Waals surface area contributed by atoms with Crippen molar-refractivity contribution in [2.75, 3.05) is 11.1 Å². The van der Waals surface area contributed by atoms with E-state index in [9.17, 15) is 13.6 Å². The van der Waals surface area contributed by atoms with Crippen LogP contribution in [0.3, 0.4) is 0 Å². The zero-order valence-electron chi connectivity index (χ0n) is 10.3. The monoisotopic (exact) mass is 296 g/mol. The summed E-state index contributed by atoms with van der Waals surface area (Å²) in [5, 5.41) is 2.78. The highest BCUT2D eigenvalue weighted by atomic mass is 35.5. The maximum Gasteiger partial charge on any atom is 0.228 e. The molecule has 2 aromatic carbocycles. The summed E-state index contributed by atoms with van der Waals surface area (Å²) < 4.78 is 26.5. The molecule has 0 aliphatic heterocycles. The number of anilines is 2. The summed E-state index contributed by atoms with van der Waals surface area (Å²) in [4.78, 5) is 11.8. The minimum atomic E-state index is -0.885. The van der Waals surface area contributed by atoms with Gasteiger partial charge in [-0.1, -0.05) is 29.8 Å². The van der Waals surface area contributed by atoms with Gasteiger partial charge >= 0.3 is 0 Å². The van der Waals surface area contributed by atoms with Crippen molar-refractivity contribution in [3.63, 3.8) is 0 Å². The molecule has 0 atom stereocenters. The standard InChI is InChI=1S/C14H11ClF2N2O/c15-9-4-2-1-3-8(9)5-14(20)19-13-7-12(18)10(16)6-11(13)17/h1-4,6-7H,5,18H2,(H,19,20). The predicted molar refractivity (Wildman–Crippen MR) is 74.6 cm³/mol. The maximum absolute atomic E-state index is 13.5. The summed E-state index contributed by atoms with van der Waals surface area (Å²) >= 11 is 5.92. The summed E-state index contributed by atoms with van der Waals surface area (Å²) in [5.41, 5.74) is 5.54. The number of nitrogens with two attached hydrogens (primary N) is 1. The molecule has 3 N–H and O–H groups in total. The van der Waals surface area contributed by atoms with Crippen molar-refractivity contribution < 1.29 is 13.6 Å². The molecule has 104 valence electrons. The first kappa shape index (κ1) is 14.3. The first-order chi connectivity index (χ1) is 9.47. The van der Waals surface area contributed by atoms with E-state index in [1.54, 1.807) is 24.3 Å². The van der Waals surface area contributed by atoms with Gasteiger partial charge in [-0.2, -0.15) is 0 Å². The van der Waals surface area contributed by atoms with Crippen LogP contribution in [0, 0.1) is 11.6 Å². The Labute approximate surface area is 119 Å². The van der Waals surface area contributed by atoms with Gasteiger partial charge in [-0.3, -0.25) is 4.79 Å². The third kappa shape index (κ3) is 3.24. The van der Waals surface area contributed by atoms with Gasteiger partial charge < -0.3 is 11.1 Å². The number of hydrogen-bond donors (Lipinski definition) is 2. The Morgan fingerprint density at radius 3 is 2.60 bits per heavy atom. The number of nitrogen functional groups attached to an aromatic ring is 1. The van der Waals surface area contributed by atoms with Crippen molar-refractivity contribution in [2.45, 2.75) is 6.42 Å². The zero-order chi connectivity index (χ0) is 14.7. The van der Waals surface area contributed by atoms with Gasteiger partial charge in [0.25, 0.3) is 0 Å². The van der Waals surface area contributed by atoms with Crippen LogP contribution in [0.2, 0.25) is 5.02 Å². The summed E-state index contributed by atoms with van der Waals surface area (Å²) in [5.74, 6) is -2.22. The maximum atomic E-state index is 13.5. The lowest BCUT2D eigenvalue weighted by Crippen LogP contribution is -2.16. The van der Waals surface area contributed by atoms with E-state index in [2.05, 4.69) is 5.32 Å². The Kier molecular flexibility index (Phi) is 4.20. The summed E-state index contributed by atoms with van der Waals surface area (Å²) in [7, 11) is 0. The molecule has 0 radical (unpaired) electrons. The van der Waals surface area contributed by atoms with Crippen LogP contribution in [-0.4, -0.2) is 5.91 Å². The lowest BCUT2D eigenvalue weighted by atomic mass is 10.1. The van der Waals surface area contributed by atoms with Crippen molar-refractivity contribution in [3.05, 3.63) is 58.6 Å². The van der Waals surface area contributed by atoms with Crippen LogP contribution >= 0.6 is 11.6 Å². The van der Waals surface area contributed by atoms with Gasteiger partial charge in [0.1, 0.15) is 11.6 Å². The second-order valence-corrected chi connectivity index (χ2v) is 4.58. The van der Waals surface area contributed by atoms with E-state index in [-0.39, 0.29) is 17.8 Å². The molecule has 2 rings (SSSR count). The third-order valence-corrected chi connectivity index (χ3v) is 3.04. The van der Waals surface area contributed by atoms with Gasteiger partial charge in [-0.25, -0.2) is 8.78 Å². The fraction of sp³-hybridized carbons (Fsp3) is 0.0714. The molecule has 0 heterocycles. The van der Waals surface area contributed by atoms with Crippen LogP contribution in [0.25, 0.3) is 0 Å². The Bertz CT molecular complexity index is 662. The Balaban J connectivity index is 2.13. The Hall–Kier alpha value is -2.14. The number of nitrogens with one attached hydrogen (secondary N) is 1. The van der Waals surface area contributed by atoms with E-state index in [0.29, 0.717) is 16.7 Å². The van der Waals surface area contributed by atoms with Crippen molar-refractivity contribution in [1.29, 1.82) is 0 Å². The topological polar surface area (TPSA) is 55.1 Å². The number of benzene rings is 2. The van der Waals surface area contributed by atoms with Crippen molar-refractivity contribution in [3.8, 4) is 0 Å². The Morgan fingerprint density at radius 1 is 1.20 bits per heavy atom. The van der Waals surface area contributed by atoms with Crippen molar-refractivity contribution >= 4 is 28.9 Å². The number of halogens is 3. The third-order valence-electron chi connectivity index (χ3n) is 2.67. The molecule has 0 spiro atoms. The fourth-order valence-electron chi connectivity index (χ4n) is 1.67. The number of rotatable bonds is 3. The van der Waals surface area contributed by atoms with E-state index < -0.39 is 17.5 Å². The van der Waals surface area contributed by atoms with E-state index >= 15 is 0 Å². The van der Waals surface area contributed by atoms with E-state index in [1.807, 2.05) is 0 Å². The lowest BCUT2D eigenvalue weighted by Gasteiger charge is -2.08. The minimum absolute atomic E-state index is 0.0175. The molecular weight excluding hydrogens is 286 g/mol. The number of hydrogen-bond acceptors (Lipinski definition) is 2. The first-order valence-corrected chi connectivity index (χ1v) is 6.13. The zero-order valence-corrected chi connectivity index (χ0v) is 11.0. The number of carbonyl (C=O) groups excluding carboxylic acids is 1. The van der Waals surface area contributed by atoms with Gasteiger partial charge in [0, 0.05) is 11.1 Å². The first-order valence-electron chi connectivity index (χ1n) is 5.75. The highest BCUT2D eigenvalue weighted by Gasteiger charge is 2.12. The molecule has 0 aliphatic carbocycles. The van der Waals surface area contributed by atoms with Crippen LogP contribution in [0.5, 0.6) is 0 Å². The molecule has 0 aromatic heterocycles. The smallest absolute Gasteiger partial charge is 0.228 e. The number of amides is 1. The Morgan fingerprint density at radius 2 is 1.90 bits per heavy atom. The molecule has 0 bridgehead atoms. The largest absolute Gasteiger partial charge is 0.396 e. The normalized spacial score (nSPS) is 10.3. The second kappa shape index (κ2) is 5.88. The second-order valence-electron chi connectivity index (χ2n) is 4.17. The average molecular weight is 297 g/mol. The molecule has 0 saturated heterocycles. The van der Waals surface area contributed by atoms with Crippen LogP contribution < -0.4 is 11.1 Å². The van der Waals surface area contributed by atoms with E-state index in [1.165, 1.54) is 0 Å². The lowest BCUT2D eigenvalue weighted by molar-refractivity contribution is -0.115. The highest BCUT2D eigenvalue weighted by Crippen LogP contribution is 2.22. The van der Waals surface area contributed by atoms with Crippen LogP contribution in [0.1, 0.15) is 5.56 Å². The minimum Gasteiger partial charge on any atom is -0.396 e. The molecule has 0 unspecified atom stereocenters. The van der Waals surface area contributed by atoms with Crippen LogP contribution in [0.4, 0.5) is 20.2 Å². The molecule has 20 heavy (non-hydrogen) atoms.